The van der Waals surface area contributed by atoms with Gasteiger partial charge in [0, 0.05) is 6.54 Å². The quantitative estimate of drug-likeness (QED) is 0.354. The molecule has 0 radical (unpaired) electrons. The van der Waals surface area contributed by atoms with E-state index in [1.165, 1.54) is 11.1 Å². The van der Waals surface area contributed by atoms with Crippen molar-refractivity contribution in [3.63, 3.8) is 0 Å². The summed E-state index contributed by atoms with van der Waals surface area (Å²) in [7, 11) is -0.359. The summed E-state index contributed by atoms with van der Waals surface area (Å²) in [6, 6.07) is 5.83. The van der Waals surface area contributed by atoms with Gasteiger partial charge in [0.1, 0.15) is 12.7 Å². The fourth-order valence-electron chi connectivity index (χ4n) is 4.64. The maximum Gasteiger partial charge on any atom is 0.410 e. The molecule has 1 saturated heterocycles. The number of halogens is 1. The molecule has 2 heterocycles. The molecule has 1 aliphatic carbocycles. The zero-order valence-corrected chi connectivity index (χ0v) is 22.5. The van der Waals surface area contributed by atoms with Crippen LogP contribution in [0.2, 0.25) is 18.1 Å². The Balaban J connectivity index is 1.73. The Labute approximate surface area is 200 Å². The van der Waals surface area contributed by atoms with Gasteiger partial charge in [-0.05, 0) is 76.6 Å². The highest BCUT2D eigenvalue weighted by Crippen LogP contribution is 2.45. The summed E-state index contributed by atoms with van der Waals surface area (Å²) in [6.07, 6.45) is 2.07. The lowest BCUT2D eigenvalue weighted by Crippen LogP contribution is -2.52. The molecule has 0 spiro atoms. The van der Waals surface area contributed by atoms with E-state index < -0.39 is 8.32 Å². The van der Waals surface area contributed by atoms with Crippen molar-refractivity contribution in [1.82, 2.24) is 4.90 Å². The van der Waals surface area contributed by atoms with Crippen molar-refractivity contribution in [3.8, 4) is 11.5 Å². The Morgan fingerprint density at radius 2 is 1.94 bits per heavy atom. The lowest BCUT2D eigenvalue weighted by Gasteiger charge is -2.46. The van der Waals surface area contributed by atoms with E-state index in [2.05, 4.69) is 49.8 Å². The number of rotatable bonds is 5. The Hall–Kier alpha value is -1.51. The number of ether oxygens (including phenoxy) is 3. The predicted molar refractivity (Wildman–Crippen MR) is 130 cm³/mol. The molecule has 0 aromatic heterocycles. The molecule has 1 amide bonds. The molecule has 0 N–H and O–H groups in total. The van der Waals surface area contributed by atoms with Crippen LogP contribution in [0, 0.1) is 0 Å². The minimum Gasteiger partial charge on any atom is -0.493 e. The number of fused-ring (bicyclic) bond motifs is 2. The number of nitrogens with zero attached hydrogens (tertiary/aromatic N) is 1. The molecule has 6 nitrogen and oxygen atoms in total. The van der Waals surface area contributed by atoms with Crippen LogP contribution in [0.5, 0.6) is 11.5 Å². The van der Waals surface area contributed by atoms with Crippen LogP contribution >= 0.6 is 15.9 Å². The highest BCUT2D eigenvalue weighted by Gasteiger charge is 2.48. The van der Waals surface area contributed by atoms with Crippen molar-refractivity contribution < 1.29 is 23.4 Å². The first-order chi connectivity index (χ1) is 15.0. The zero-order chi connectivity index (χ0) is 23.3. The molecule has 4 rings (SSSR count). The molecule has 176 valence electrons. The molecule has 32 heavy (non-hydrogen) atoms. The monoisotopic (exact) mass is 523 g/mol. The first kappa shape index (κ1) is 23.6. The third-order valence-electron chi connectivity index (χ3n) is 7.44. The van der Waals surface area contributed by atoms with Gasteiger partial charge in [-0.3, -0.25) is 4.90 Å². The first-order valence-electron chi connectivity index (χ1n) is 11.4. The Bertz CT molecular complexity index is 925. The highest BCUT2D eigenvalue weighted by atomic mass is 79.9. The largest absolute Gasteiger partial charge is 0.493 e. The Morgan fingerprint density at radius 1 is 1.19 bits per heavy atom. The normalized spacial score (nSPS) is 25.9. The molecule has 0 bridgehead atoms. The molecule has 3 aliphatic rings. The Morgan fingerprint density at radius 3 is 2.62 bits per heavy atom. The summed E-state index contributed by atoms with van der Waals surface area (Å²) in [5.74, 6) is 1.38. The molecular formula is C24H34BrNO5Si. The smallest absolute Gasteiger partial charge is 0.410 e. The maximum absolute atomic E-state index is 12.2. The van der Waals surface area contributed by atoms with Crippen LogP contribution in [0.25, 0.3) is 0 Å². The number of methoxy groups -OCH3 is 1. The highest BCUT2D eigenvalue weighted by molar-refractivity contribution is 9.10. The summed E-state index contributed by atoms with van der Waals surface area (Å²) in [6.45, 7) is 12.5. The second kappa shape index (κ2) is 8.69. The topological polar surface area (TPSA) is 57.2 Å². The van der Waals surface area contributed by atoms with E-state index in [1.54, 1.807) is 7.11 Å². The number of cyclic esters (lactones) is 1. The van der Waals surface area contributed by atoms with E-state index in [1.807, 2.05) is 23.1 Å². The van der Waals surface area contributed by atoms with Gasteiger partial charge in [0.25, 0.3) is 0 Å². The second-order valence-electron chi connectivity index (χ2n) is 10.4. The molecule has 2 aliphatic heterocycles. The van der Waals surface area contributed by atoms with Gasteiger partial charge in [0.2, 0.25) is 0 Å². The average Bonchev–Trinajstić information content (AvgIpc) is 3.10. The molecular weight excluding hydrogens is 490 g/mol. The van der Waals surface area contributed by atoms with E-state index in [-0.39, 0.29) is 29.4 Å². The van der Waals surface area contributed by atoms with Gasteiger partial charge >= 0.3 is 6.09 Å². The van der Waals surface area contributed by atoms with E-state index in [0.717, 1.165) is 23.7 Å². The van der Waals surface area contributed by atoms with Crippen LogP contribution in [-0.4, -0.2) is 57.8 Å². The standard InChI is InChI=1S/C24H34BrNO5Si/c1-24(2,3)32(5,6)31-20-11-10-15-16(12-13-26-18(15)14-29-23(26)27)21(20)30-22-17(25)8-7-9-19(22)28-4/h7-9,18,20-21H,10-14H2,1-6H3/t18?,20-,21-/m1/s1. The van der Waals surface area contributed by atoms with Crippen molar-refractivity contribution >= 4 is 30.3 Å². The lowest BCUT2D eigenvalue weighted by atomic mass is 9.80. The molecule has 1 aromatic rings. The van der Waals surface area contributed by atoms with Gasteiger partial charge < -0.3 is 18.6 Å². The SMILES string of the molecule is COc1cccc(Br)c1O[C@@H]1C2=C(CC[C@H]1O[Si](C)(C)C(C)(C)C)C1COC(=O)N1CC2. The summed E-state index contributed by atoms with van der Waals surface area (Å²) in [5.41, 5.74) is 2.55. The summed E-state index contributed by atoms with van der Waals surface area (Å²) in [4.78, 5) is 14.0. The van der Waals surface area contributed by atoms with Gasteiger partial charge in [0.15, 0.2) is 19.8 Å². The molecule has 1 unspecified atom stereocenters. The van der Waals surface area contributed by atoms with Crippen LogP contribution < -0.4 is 9.47 Å². The van der Waals surface area contributed by atoms with Crippen LogP contribution in [0.15, 0.2) is 33.8 Å². The summed E-state index contributed by atoms with van der Waals surface area (Å²) in [5, 5.41) is 0.103. The molecule has 3 atom stereocenters. The van der Waals surface area contributed by atoms with Crippen molar-refractivity contribution in [2.45, 2.75) is 76.4 Å². The van der Waals surface area contributed by atoms with Gasteiger partial charge in [-0.15, -0.1) is 0 Å². The second-order valence-corrected chi connectivity index (χ2v) is 16.0. The molecule has 8 heteroatoms. The predicted octanol–water partition coefficient (Wildman–Crippen LogP) is 5.91. The van der Waals surface area contributed by atoms with Gasteiger partial charge in [-0.2, -0.15) is 0 Å². The van der Waals surface area contributed by atoms with Crippen LogP contribution in [0.4, 0.5) is 4.79 Å². The van der Waals surface area contributed by atoms with Crippen molar-refractivity contribution in [2.75, 3.05) is 20.3 Å². The molecule has 1 fully saturated rings. The fourth-order valence-corrected chi connectivity index (χ4v) is 6.43. The van der Waals surface area contributed by atoms with Crippen LogP contribution in [0.3, 0.4) is 0 Å². The molecule has 0 saturated carbocycles. The van der Waals surface area contributed by atoms with Crippen LogP contribution in [0.1, 0.15) is 40.0 Å². The number of carbonyl (C=O) groups excluding carboxylic acids is 1. The summed E-state index contributed by atoms with van der Waals surface area (Å²) < 4.78 is 25.5. The number of benzene rings is 1. The van der Waals surface area contributed by atoms with Crippen molar-refractivity contribution in [3.05, 3.63) is 33.8 Å². The number of hydrogen-bond donors (Lipinski definition) is 0. The average molecular weight is 525 g/mol. The fraction of sp³-hybridized carbons (Fsp3) is 0.625. The first-order valence-corrected chi connectivity index (χ1v) is 15.1. The zero-order valence-electron chi connectivity index (χ0n) is 19.9. The summed E-state index contributed by atoms with van der Waals surface area (Å²) >= 11 is 3.64. The number of amides is 1. The third kappa shape index (κ3) is 4.21. The van der Waals surface area contributed by atoms with E-state index >= 15 is 0 Å². The lowest BCUT2D eigenvalue weighted by molar-refractivity contribution is 0.0427. The maximum atomic E-state index is 12.2. The minimum atomic E-state index is -2.02. The minimum absolute atomic E-state index is 0.0206. The van der Waals surface area contributed by atoms with Crippen molar-refractivity contribution in [2.24, 2.45) is 0 Å². The van der Waals surface area contributed by atoms with Crippen LogP contribution in [-0.2, 0) is 9.16 Å². The van der Waals surface area contributed by atoms with Crippen molar-refractivity contribution in [1.29, 1.82) is 0 Å². The number of hydrogen-bond acceptors (Lipinski definition) is 5. The van der Waals surface area contributed by atoms with Gasteiger partial charge in [0.05, 0.1) is 23.7 Å². The van der Waals surface area contributed by atoms with Gasteiger partial charge in [-0.25, -0.2) is 4.79 Å². The Kier molecular flexibility index (Phi) is 6.42. The van der Waals surface area contributed by atoms with E-state index in [4.69, 9.17) is 18.6 Å². The number of carbonyl (C=O) groups is 1. The van der Waals surface area contributed by atoms with E-state index in [9.17, 15) is 4.79 Å². The number of para-hydroxylation sites is 1. The third-order valence-corrected chi connectivity index (χ3v) is 12.6. The van der Waals surface area contributed by atoms with Gasteiger partial charge in [-0.1, -0.05) is 26.8 Å². The van der Waals surface area contributed by atoms with E-state index in [0.29, 0.717) is 24.7 Å². The molecule has 1 aromatic carbocycles.